The van der Waals surface area contributed by atoms with Crippen molar-refractivity contribution in [2.45, 2.75) is 13.1 Å². The van der Waals surface area contributed by atoms with Crippen LogP contribution in [0.3, 0.4) is 0 Å². The van der Waals surface area contributed by atoms with Crippen LogP contribution in [0.5, 0.6) is 0 Å². The molecule has 0 aliphatic heterocycles. The second-order valence-electron chi connectivity index (χ2n) is 5.85. The fourth-order valence-corrected chi connectivity index (χ4v) is 3.18. The quantitative estimate of drug-likeness (QED) is 0.665. The van der Waals surface area contributed by atoms with Gasteiger partial charge in [-0.3, -0.25) is 5.32 Å². The van der Waals surface area contributed by atoms with Gasteiger partial charge in [-0.2, -0.15) is 0 Å². The number of para-hydroxylation sites is 1. The van der Waals surface area contributed by atoms with Gasteiger partial charge in [-0.25, -0.2) is 17.9 Å². The standard InChI is InChI=1S/C18H20N4O4S/c1-2-27(24,25)13-12-26-18(23)19-17(14-8-4-3-5-9-14)22-16-11-7-6-10-15(16)20-21-22/h3-11,17H,2,12-13H2,1H3,(H,19,23). The summed E-state index contributed by atoms with van der Waals surface area (Å²) in [6.45, 7) is 1.35. The summed E-state index contributed by atoms with van der Waals surface area (Å²) in [6.07, 6.45) is -1.37. The normalized spacial score (nSPS) is 12.6. The number of ether oxygens (including phenoxy) is 1. The number of nitrogens with zero attached hydrogens (tertiary/aromatic N) is 3. The minimum atomic E-state index is -3.20. The third-order valence-corrected chi connectivity index (χ3v) is 5.73. The first-order chi connectivity index (χ1) is 13.0. The van der Waals surface area contributed by atoms with E-state index in [9.17, 15) is 13.2 Å². The molecule has 9 heteroatoms. The summed E-state index contributed by atoms with van der Waals surface area (Å²) in [7, 11) is -3.20. The van der Waals surface area contributed by atoms with Crippen molar-refractivity contribution < 1.29 is 17.9 Å². The van der Waals surface area contributed by atoms with Crippen LogP contribution in [-0.2, 0) is 14.6 Å². The average Bonchev–Trinajstić information content (AvgIpc) is 3.10. The van der Waals surface area contributed by atoms with Crippen LogP contribution in [0.15, 0.2) is 54.6 Å². The minimum Gasteiger partial charge on any atom is -0.448 e. The summed E-state index contributed by atoms with van der Waals surface area (Å²) < 4.78 is 29.7. The molecule has 3 rings (SSSR count). The van der Waals surface area contributed by atoms with E-state index in [-0.39, 0.29) is 18.1 Å². The Morgan fingerprint density at radius 2 is 1.85 bits per heavy atom. The SMILES string of the molecule is CCS(=O)(=O)CCOC(=O)NC(c1ccccc1)n1nnc2ccccc21. The molecule has 0 radical (unpaired) electrons. The molecule has 0 saturated carbocycles. The maximum absolute atomic E-state index is 12.2. The molecule has 0 aliphatic carbocycles. The molecular formula is C18H20N4O4S. The molecule has 8 nitrogen and oxygen atoms in total. The van der Waals surface area contributed by atoms with E-state index in [0.29, 0.717) is 5.52 Å². The Balaban J connectivity index is 1.81. The lowest BCUT2D eigenvalue weighted by Gasteiger charge is -2.19. The molecule has 27 heavy (non-hydrogen) atoms. The number of amides is 1. The third-order valence-electron chi connectivity index (χ3n) is 4.06. The second kappa shape index (κ2) is 8.17. The number of carbonyl (C=O) groups is 1. The van der Waals surface area contributed by atoms with Crippen LogP contribution < -0.4 is 5.32 Å². The van der Waals surface area contributed by atoms with Crippen LogP contribution in [0.25, 0.3) is 11.0 Å². The van der Waals surface area contributed by atoms with Gasteiger partial charge in [0.25, 0.3) is 0 Å². The van der Waals surface area contributed by atoms with Gasteiger partial charge in [-0.15, -0.1) is 5.10 Å². The largest absolute Gasteiger partial charge is 0.448 e. The van der Waals surface area contributed by atoms with E-state index in [1.165, 1.54) is 0 Å². The zero-order valence-electron chi connectivity index (χ0n) is 14.8. The minimum absolute atomic E-state index is 0.00949. The molecular weight excluding hydrogens is 368 g/mol. The lowest BCUT2D eigenvalue weighted by Crippen LogP contribution is -2.35. The molecule has 3 aromatic rings. The summed E-state index contributed by atoms with van der Waals surface area (Å²) in [5.41, 5.74) is 2.23. The van der Waals surface area contributed by atoms with Crippen molar-refractivity contribution in [1.29, 1.82) is 0 Å². The Morgan fingerprint density at radius 1 is 1.15 bits per heavy atom. The highest BCUT2D eigenvalue weighted by Crippen LogP contribution is 2.20. The molecule has 1 aromatic heterocycles. The zero-order chi connectivity index (χ0) is 19.3. The topological polar surface area (TPSA) is 103 Å². The first-order valence-electron chi connectivity index (χ1n) is 8.49. The average molecular weight is 388 g/mol. The molecule has 2 aromatic carbocycles. The van der Waals surface area contributed by atoms with Gasteiger partial charge >= 0.3 is 6.09 Å². The summed E-state index contributed by atoms with van der Waals surface area (Å²) in [6, 6.07) is 16.7. The van der Waals surface area contributed by atoms with Crippen LogP contribution in [-0.4, -0.2) is 47.6 Å². The number of alkyl carbamates (subject to hydrolysis) is 1. The Morgan fingerprint density at radius 3 is 2.59 bits per heavy atom. The number of nitrogens with one attached hydrogen (secondary N) is 1. The molecule has 142 valence electrons. The number of carbonyl (C=O) groups excluding carboxylic acids is 1. The van der Waals surface area contributed by atoms with Crippen molar-refractivity contribution in [2.24, 2.45) is 0 Å². The van der Waals surface area contributed by atoms with E-state index < -0.39 is 22.1 Å². The van der Waals surface area contributed by atoms with Crippen molar-refractivity contribution in [3.8, 4) is 0 Å². The van der Waals surface area contributed by atoms with Crippen molar-refractivity contribution in [2.75, 3.05) is 18.1 Å². The molecule has 1 N–H and O–H groups in total. The summed E-state index contributed by atoms with van der Waals surface area (Å²) in [4.78, 5) is 12.2. The molecule has 1 atom stereocenters. The number of hydrogen-bond donors (Lipinski definition) is 1. The smallest absolute Gasteiger partial charge is 0.409 e. The first kappa shape index (κ1) is 18.8. The van der Waals surface area contributed by atoms with Crippen molar-refractivity contribution in [1.82, 2.24) is 20.3 Å². The monoisotopic (exact) mass is 388 g/mol. The molecule has 0 aliphatic rings. The summed E-state index contributed by atoms with van der Waals surface area (Å²) >= 11 is 0. The summed E-state index contributed by atoms with van der Waals surface area (Å²) in [5.74, 6) is -0.200. The van der Waals surface area contributed by atoms with E-state index in [0.717, 1.165) is 11.1 Å². The predicted molar refractivity (Wildman–Crippen MR) is 101 cm³/mol. The Kier molecular flexibility index (Phi) is 5.70. The van der Waals surface area contributed by atoms with Crippen LogP contribution in [0.1, 0.15) is 18.7 Å². The molecule has 0 spiro atoms. The van der Waals surface area contributed by atoms with Gasteiger partial charge < -0.3 is 4.74 Å². The van der Waals surface area contributed by atoms with Crippen LogP contribution >= 0.6 is 0 Å². The first-order valence-corrected chi connectivity index (χ1v) is 10.3. The Labute approximate surface area is 157 Å². The van der Waals surface area contributed by atoms with Crippen molar-refractivity contribution >= 4 is 27.0 Å². The number of hydrogen-bond acceptors (Lipinski definition) is 6. The van der Waals surface area contributed by atoms with E-state index in [4.69, 9.17) is 4.74 Å². The third kappa shape index (κ3) is 4.62. The molecule has 0 saturated heterocycles. The lowest BCUT2D eigenvalue weighted by atomic mass is 10.1. The molecule has 1 heterocycles. The lowest BCUT2D eigenvalue weighted by molar-refractivity contribution is 0.146. The van der Waals surface area contributed by atoms with Gasteiger partial charge in [0.1, 0.15) is 12.1 Å². The van der Waals surface area contributed by atoms with Crippen molar-refractivity contribution in [3.05, 3.63) is 60.2 Å². The molecule has 1 unspecified atom stereocenters. The van der Waals surface area contributed by atoms with Gasteiger partial charge in [0, 0.05) is 5.75 Å². The fourth-order valence-electron chi connectivity index (χ4n) is 2.56. The Bertz CT molecular complexity index is 1020. The highest BCUT2D eigenvalue weighted by atomic mass is 32.2. The zero-order valence-corrected chi connectivity index (χ0v) is 15.6. The predicted octanol–water partition coefficient (Wildman–Crippen LogP) is 2.14. The van der Waals surface area contributed by atoms with E-state index in [1.54, 1.807) is 11.6 Å². The van der Waals surface area contributed by atoms with Gasteiger partial charge in [0.2, 0.25) is 0 Å². The van der Waals surface area contributed by atoms with Gasteiger partial charge in [-0.05, 0) is 17.7 Å². The molecule has 0 fully saturated rings. The van der Waals surface area contributed by atoms with Crippen LogP contribution in [0, 0.1) is 0 Å². The van der Waals surface area contributed by atoms with Gasteiger partial charge in [0.05, 0.1) is 11.3 Å². The van der Waals surface area contributed by atoms with E-state index in [1.807, 2.05) is 54.6 Å². The van der Waals surface area contributed by atoms with Gasteiger partial charge in [0.15, 0.2) is 16.0 Å². The number of fused-ring (bicyclic) bond motifs is 1. The van der Waals surface area contributed by atoms with E-state index in [2.05, 4.69) is 15.6 Å². The number of benzene rings is 2. The fraction of sp³-hybridized carbons (Fsp3) is 0.278. The molecule has 1 amide bonds. The highest BCUT2D eigenvalue weighted by Gasteiger charge is 2.21. The Hall–Kier alpha value is -2.94. The maximum atomic E-state index is 12.2. The van der Waals surface area contributed by atoms with Gasteiger partial charge in [-0.1, -0.05) is 54.6 Å². The molecule has 0 bridgehead atoms. The maximum Gasteiger partial charge on any atom is 0.409 e. The summed E-state index contributed by atoms with van der Waals surface area (Å²) in [5, 5.41) is 11.0. The van der Waals surface area contributed by atoms with E-state index >= 15 is 0 Å². The van der Waals surface area contributed by atoms with Crippen molar-refractivity contribution in [3.63, 3.8) is 0 Å². The van der Waals surface area contributed by atoms with Crippen LogP contribution in [0.2, 0.25) is 0 Å². The number of aromatic nitrogens is 3. The second-order valence-corrected chi connectivity index (χ2v) is 8.33. The number of sulfone groups is 1. The number of rotatable bonds is 7. The van der Waals surface area contributed by atoms with Crippen LogP contribution in [0.4, 0.5) is 4.79 Å². The highest BCUT2D eigenvalue weighted by molar-refractivity contribution is 7.91.